The van der Waals surface area contributed by atoms with Crippen LogP contribution in [0.15, 0.2) is 18.2 Å². The van der Waals surface area contributed by atoms with Crippen molar-refractivity contribution in [3.8, 4) is 11.5 Å². The van der Waals surface area contributed by atoms with Gasteiger partial charge in [-0.05, 0) is 13.0 Å². The molecule has 0 aliphatic carbocycles. The molecule has 0 saturated carbocycles. The summed E-state index contributed by atoms with van der Waals surface area (Å²) in [6, 6.07) is 3.89. The van der Waals surface area contributed by atoms with Gasteiger partial charge in [0.05, 0.1) is 6.04 Å². The van der Waals surface area contributed by atoms with E-state index in [1.54, 1.807) is 13.0 Å². The number of amides is 1. The Morgan fingerprint density at radius 3 is 2.81 bits per heavy atom. The van der Waals surface area contributed by atoms with Gasteiger partial charge in [-0.3, -0.25) is 9.63 Å². The third kappa shape index (κ3) is 3.41. The monoisotopic (exact) mass is 226 g/mol. The molecule has 0 bridgehead atoms. The number of carbonyl (C=O) groups is 1. The van der Waals surface area contributed by atoms with E-state index < -0.39 is 5.91 Å². The molecule has 0 radical (unpaired) electrons. The van der Waals surface area contributed by atoms with Gasteiger partial charge in [-0.1, -0.05) is 6.07 Å². The second kappa shape index (κ2) is 5.34. The van der Waals surface area contributed by atoms with Crippen LogP contribution in [0, 0.1) is 0 Å². The summed E-state index contributed by atoms with van der Waals surface area (Å²) < 4.78 is 0. The zero-order valence-corrected chi connectivity index (χ0v) is 8.80. The van der Waals surface area contributed by atoms with Crippen LogP contribution in [0.25, 0.3) is 0 Å². The lowest BCUT2D eigenvalue weighted by atomic mass is 10.1. The predicted octanol–water partition coefficient (Wildman–Crippen LogP) is 0.165. The molecule has 1 unspecified atom stereocenters. The van der Waals surface area contributed by atoms with Crippen molar-refractivity contribution in [1.29, 1.82) is 0 Å². The van der Waals surface area contributed by atoms with Crippen molar-refractivity contribution >= 4 is 5.91 Å². The molecule has 0 fully saturated rings. The van der Waals surface area contributed by atoms with Gasteiger partial charge >= 0.3 is 0 Å². The van der Waals surface area contributed by atoms with E-state index in [0.717, 1.165) is 0 Å². The van der Waals surface area contributed by atoms with Crippen molar-refractivity contribution in [3.05, 3.63) is 23.8 Å². The highest BCUT2D eigenvalue weighted by atomic mass is 16.6. The number of rotatable bonds is 5. The van der Waals surface area contributed by atoms with Crippen molar-refractivity contribution in [3.63, 3.8) is 0 Å². The predicted molar refractivity (Wildman–Crippen MR) is 56.5 cm³/mol. The smallest absolute Gasteiger partial charge is 0.245 e. The van der Waals surface area contributed by atoms with E-state index >= 15 is 0 Å². The molecule has 88 valence electrons. The third-order valence-corrected chi connectivity index (χ3v) is 1.96. The van der Waals surface area contributed by atoms with Crippen LogP contribution in [0.5, 0.6) is 11.5 Å². The van der Waals surface area contributed by atoms with Crippen molar-refractivity contribution < 1.29 is 19.8 Å². The van der Waals surface area contributed by atoms with Gasteiger partial charge in [-0.25, -0.2) is 0 Å². The van der Waals surface area contributed by atoms with Gasteiger partial charge in [0.15, 0.2) is 0 Å². The summed E-state index contributed by atoms with van der Waals surface area (Å²) in [5.74, 6) is -0.663. The second-order valence-electron chi connectivity index (χ2n) is 3.34. The summed E-state index contributed by atoms with van der Waals surface area (Å²) in [5, 5.41) is 18.6. The molecule has 0 saturated heterocycles. The summed E-state index contributed by atoms with van der Waals surface area (Å²) in [5.41, 5.74) is 7.97. The maximum Gasteiger partial charge on any atom is 0.245 e. The topological polar surface area (TPSA) is 105 Å². The van der Waals surface area contributed by atoms with E-state index in [9.17, 15) is 9.90 Å². The van der Waals surface area contributed by atoms with Gasteiger partial charge in [0, 0.05) is 11.6 Å². The summed E-state index contributed by atoms with van der Waals surface area (Å²) in [6.45, 7) is 1.48. The maximum absolute atomic E-state index is 10.4. The quantitative estimate of drug-likeness (QED) is 0.535. The molecule has 0 spiro atoms. The van der Waals surface area contributed by atoms with Crippen LogP contribution < -0.4 is 11.2 Å². The minimum absolute atomic E-state index is 0.0218. The molecule has 6 heteroatoms. The number of hydrogen-bond donors (Lipinski definition) is 4. The molecule has 1 rings (SSSR count). The zero-order chi connectivity index (χ0) is 12.1. The lowest BCUT2D eigenvalue weighted by Gasteiger charge is -2.14. The highest BCUT2D eigenvalue weighted by Gasteiger charge is 2.10. The number of nitrogens with two attached hydrogens (primary N) is 1. The largest absolute Gasteiger partial charge is 0.508 e. The number of aromatic hydroxyl groups is 2. The molecule has 1 aromatic carbocycles. The van der Waals surface area contributed by atoms with E-state index in [2.05, 4.69) is 5.48 Å². The van der Waals surface area contributed by atoms with Crippen LogP contribution >= 0.6 is 0 Å². The minimum atomic E-state index is -0.588. The zero-order valence-electron chi connectivity index (χ0n) is 8.80. The number of benzene rings is 1. The lowest BCUT2D eigenvalue weighted by molar-refractivity contribution is -0.126. The molecule has 5 N–H and O–H groups in total. The fourth-order valence-electron chi connectivity index (χ4n) is 1.20. The fourth-order valence-corrected chi connectivity index (χ4v) is 1.20. The van der Waals surface area contributed by atoms with Gasteiger partial charge in [0.25, 0.3) is 0 Å². The van der Waals surface area contributed by atoms with Crippen LogP contribution in [0.3, 0.4) is 0 Å². The Hall–Kier alpha value is -1.79. The van der Waals surface area contributed by atoms with Gasteiger partial charge < -0.3 is 15.9 Å². The van der Waals surface area contributed by atoms with Crippen molar-refractivity contribution in [2.24, 2.45) is 5.73 Å². The number of primary amides is 1. The van der Waals surface area contributed by atoms with Crippen LogP contribution in [0.4, 0.5) is 0 Å². The second-order valence-corrected chi connectivity index (χ2v) is 3.34. The average molecular weight is 226 g/mol. The fraction of sp³-hybridized carbons (Fsp3) is 0.300. The first kappa shape index (κ1) is 12.3. The van der Waals surface area contributed by atoms with Crippen LogP contribution in [-0.2, 0) is 9.63 Å². The maximum atomic E-state index is 10.4. The summed E-state index contributed by atoms with van der Waals surface area (Å²) >= 11 is 0. The Bertz CT molecular complexity index is 381. The average Bonchev–Trinajstić information content (AvgIpc) is 2.16. The van der Waals surface area contributed by atoms with Crippen LogP contribution in [0.2, 0.25) is 0 Å². The normalized spacial score (nSPS) is 12.3. The van der Waals surface area contributed by atoms with E-state index in [1.165, 1.54) is 12.1 Å². The van der Waals surface area contributed by atoms with Gasteiger partial charge in [0.2, 0.25) is 5.91 Å². The van der Waals surface area contributed by atoms with Gasteiger partial charge in [-0.15, -0.1) is 0 Å². The molecule has 1 amide bonds. The summed E-state index contributed by atoms with van der Waals surface area (Å²) in [4.78, 5) is 15.2. The molecule has 1 aromatic rings. The Balaban J connectivity index is 2.58. The number of hydrogen-bond acceptors (Lipinski definition) is 5. The molecule has 16 heavy (non-hydrogen) atoms. The van der Waals surface area contributed by atoms with Crippen molar-refractivity contribution in [2.45, 2.75) is 13.0 Å². The highest BCUT2D eigenvalue weighted by molar-refractivity contribution is 5.74. The van der Waals surface area contributed by atoms with E-state index in [-0.39, 0.29) is 24.1 Å². The number of phenols is 2. The molecular formula is C10H14N2O4. The summed E-state index contributed by atoms with van der Waals surface area (Å²) in [6.07, 6.45) is 0. The number of hydroxylamine groups is 1. The third-order valence-electron chi connectivity index (χ3n) is 1.96. The Morgan fingerprint density at radius 2 is 2.25 bits per heavy atom. The standard InChI is InChI=1S/C10H14N2O4/c1-6(12-16-5-10(11)15)8-3-2-7(13)4-9(8)14/h2-4,6,12-14H,5H2,1H3,(H2,11,15). The number of nitrogens with one attached hydrogen (secondary N) is 1. The molecule has 0 aliphatic heterocycles. The Morgan fingerprint density at radius 1 is 1.56 bits per heavy atom. The number of carbonyl (C=O) groups excluding carboxylic acids is 1. The minimum Gasteiger partial charge on any atom is -0.508 e. The van der Waals surface area contributed by atoms with Gasteiger partial charge in [-0.2, -0.15) is 5.48 Å². The summed E-state index contributed by atoms with van der Waals surface area (Å²) in [7, 11) is 0. The van der Waals surface area contributed by atoms with Gasteiger partial charge in [0.1, 0.15) is 18.1 Å². The van der Waals surface area contributed by atoms with E-state index in [1.807, 2.05) is 0 Å². The first-order valence-corrected chi connectivity index (χ1v) is 4.68. The first-order valence-electron chi connectivity index (χ1n) is 4.68. The van der Waals surface area contributed by atoms with E-state index in [4.69, 9.17) is 15.7 Å². The van der Waals surface area contributed by atoms with Crippen molar-refractivity contribution in [2.75, 3.05) is 6.61 Å². The van der Waals surface area contributed by atoms with Crippen molar-refractivity contribution in [1.82, 2.24) is 5.48 Å². The molecule has 0 aliphatic rings. The lowest BCUT2D eigenvalue weighted by Crippen LogP contribution is -2.26. The van der Waals surface area contributed by atoms with Crippen LogP contribution in [0.1, 0.15) is 18.5 Å². The first-order chi connectivity index (χ1) is 7.50. The Labute approximate surface area is 92.6 Å². The molecule has 0 heterocycles. The number of phenolic OH excluding ortho intramolecular Hbond substituents is 2. The molecule has 6 nitrogen and oxygen atoms in total. The SMILES string of the molecule is CC(NOCC(N)=O)c1ccc(O)cc1O. The van der Waals surface area contributed by atoms with E-state index in [0.29, 0.717) is 5.56 Å². The Kier molecular flexibility index (Phi) is 4.10. The molecule has 1 atom stereocenters. The van der Waals surface area contributed by atoms with Crippen LogP contribution in [-0.4, -0.2) is 22.7 Å². The molecule has 0 aromatic heterocycles. The molecular weight excluding hydrogens is 212 g/mol. The highest BCUT2D eigenvalue weighted by Crippen LogP contribution is 2.27.